The lowest BCUT2D eigenvalue weighted by Crippen LogP contribution is -2.02. The van der Waals surface area contributed by atoms with Crippen molar-refractivity contribution in [1.82, 2.24) is 14.8 Å². The number of halogens is 1. The van der Waals surface area contributed by atoms with E-state index in [0.717, 1.165) is 0 Å². The third kappa shape index (κ3) is 1.63. The average molecular weight is 205 g/mol. The van der Waals surface area contributed by atoms with Crippen LogP contribution in [0.2, 0.25) is 0 Å². The van der Waals surface area contributed by atoms with Crippen LogP contribution in [0.5, 0.6) is 0 Å². The van der Waals surface area contributed by atoms with Gasteiger partial charge in [-0.05, 0) is 19.1 Å². The topological polar surface area (TPSA) is 47.8 Å². The van der Waals surface area contributed by atoms with Gasteiger partial charge in [0.05, 0.1) is 0 Å². The van der Waals surface area contributed by atoms with E-state index in [9.17, 15) is 9.18 Å². The molecule has 5 heteroatoms. The van der Waals surface area contributed by atoms with Gasteiger partial charge in [0, 0.05) is 0 Å². The van der Waals surface area contributed by atoms with Gasteiger partial charge in [-0.1, -0.05) is 12.1 Å². The fourth-order valence-electron chi connectivity index (χ4n) is 1.31. The number of aromatic nitrogens is 3. The van der Waals surface area contributed by atoms with Crippen LogP contribution < -0.4 is 0 Å². The fourth-order valence-corrected chi connectivity index (χ4v) is 1.31. The molecular weight excluding hydrogens is 197 g/mol. The highest BCUT2D eigenvalue weighted by Gasteiger charge is 2.10. The number of hydrogen-bond donors (Lipinski definition) is 0. The van der Waals surface area contributed by atoms with Crippen LogP contribution in [0.4, 0.5) is 4.39 Å². The number of nitrogens with zero attached hydrogens (tertiary/aromatic N) is 3. The lowest BCUT2D eigenvalue weighted by atomic mass is 10.3. The standard InChI is InChI=1S/C10H8FN3O/c1-7-12-10(6-15)13-14(7)9-5-3-2-4-8(9)11/h2-6H,1H3. The molecule has 0 amide bonds. The Morgan fingerprint density at radius 3 is 2.73 bits per heavy atom. The van der Waals surface area contributed by atoms with Gasteiger partial charge in [0.25, 0.3) is 0 Å². The molecule has 76 valence electrons. The monoisotopic (exact) mass is 205 g/mol. The molecule has 0 aliphatic rings. The van der Waals surface area contributed by atoms with Crippen LogP contribution in [-0.2, 0) is 0 Å². The number of carbonyl (C=O) groups is 1. The highest BCUT2D eigenvalue weighted by atomic mass is 19.1. The summed E-state index contributed by atoms with van der Waals surface area (Å²) in [7, 11) is 0. The Hall–Kier alpha value is -2.04. The van der Waals surface area contributed by atoms with Crippen molar-refractivity contribution in [2.24, 2.45) is 0 Å². The van der Waals surface area contributed by atoms with Crippen LogP contribution in [0.15, 0.2) is 24.3 Å². The maximum atomic E-state index is 13.4. The van der Waals surface area contributed by atoms with E-state index in [1.807, 2.05) is 0 Å². The van der Waals surface area contributed by atoms with Crippen LogP contribution in [0.3, 0.4) is 0 Å². The second-order valence-corrected chi connectivity index (χ2v) is 3.00. The molecule has 0 fully saturated rings. The van der Waals surface area contributed by atoms with E-state index in [1.165, 1.54) is 10.7 Å². The Kier molecular flexibility index (Phi) is 2.29. The molecule has 0 N–H and O–H groups in total. The van der Waals surface area contributed by atoms with Gasteiger partial charge in [-0.2, -0.15) is 0 Å². The van der Waals surface area contributed by atoms with E-state index in [-0.39, 0.29) is 11.5 Å². The number of benzene rings is 1. The van der Waals surface area contributed by atoms with Crippen molar-refractivity contribution < 1.29 is 9.18 Å². The number of aryl methyl sites for hydroxylation is 1. The van der Waals surface area contributed by atoms with Crippen molar-refractivity contribution >= 4 is 6.29 Å². The van der Waals surface area contributed by atoms with Crippen molar-refractivity contribution in [2.75, 3.05) is 0 Å². The van der Waals surface area contributed by atoms with Gasteiger partial charge < -0.3 is 0 Å². The van der Waals surface area contributed by atoms with Gasteiger partial charge in [-0.15, -0.1) is 5.10 Å². The molecule has 4 nitrogen and oxygen atoms in total. The van der Waals surface area contributed by atoms with Crippen molar-refractivity contribution in [1.29, 1.82) is 0 Å². The maximum absolute atomic E-state index is 13.4. The van der Waals surface area contributed by atoms with Crippen molar-refractivity contribution in [3.8, 4) is 5.69 Å². The first kappa shape index (κ1) is 9.51. The normalized spacial score (nSPS) is 10.3. The highest BCUT2D eigenvalue weighted by Crippen LogP contribution is 2.12. The molecule has 0 atom stereocenters. The van der Waals surface area contributed by atoms with Crippen LogP contribution >= 0.6 is 0 Å². The van der Waals surface area contributed by atoms with Gasteiger partial charge in [0.15, 0.2) is 6.29 Å². The zero-order valence-electron chi connectivity index (χ0n) is 8.01. The summed E-state index contributed by atoms with van der Waals surface area (Å²) in [6.07, 6.45) is 0.532. The smallest absolute Gasteiger partial charge is 0.214 e. The SMILES string of the molecule is Cc1nc(C=O)nn1-c1ccccc1F. The molecule has 0 saturated heterocycles. The summed E-state index contributed by atoms with van der Waals surface area (Å²) in [5.74, 6) is 0.126. The lowest BCUT2D eigenvalue weighted by Gasteiger charge is -2.02. The minimum Gasteiger partial charge on any atom is -0.294 e. The minimum absolute atomic E-state index is 0.0516. The zero-order valence-corrected chi connectivity index (χ0v) is 8.01. The van der Waals surface area contributed by atoms with Crippen molar-refractivity contribution in [3.63, 3.8) is 0 Å². The van der Waals surface area contributed by atoms with Gasteiger partial charge in [-0.3, -0.25) is 4.79 Å². The highest BCUT2D eigenvalue weighted by molar-refractivity contribution is 5.68. The van der Waals surface area contributed by atoms with E-state index >= 15 is 0 Å². The van der Waals surface area contributed by atoms with E-state index < -0.39 is 5.82 Å². The number of para-hydroxylation sites is 1. The van der Waals surface area contributed by atoms with Crippen molar-refractivity contribution in [2.45, 2.75) is 6.92 Å². The summed E-state index contributed by atoms with van der Waals surface area (Å²) in [6.45, 7) is 1.66. The fraction of sp³-hybridized carbons (Fsp3) is 0.100. The van der Waals surface area contributed by atoms with Gasteiger partial charge in [0.2, 0.25) is 5.82 Å². The summed E-state index contributed by atoms with van der Waals surface area (Å²) in [6, 6.07) is 6.19. The Morgan fingerprint density at radius 1 is 1.40 bits per heavy atom. The van der Waals surface area contributed by atoms with E-state index in [4.69, 9.17) is 0 Å². The molecule has 15 heavy (non-hydrogen) atoms. The predicted molar refractivity (Wildman–Crippen MR) is 51.4 cm³/mol. The molecule has 0 spiro atoms. The summed E-state index contributed by atoms with van der Waals surface area (Å²) < 4.78 is 14.7. The Bertz CT molecular complexity index is 507. The number of hydrogen-bond acceptors (Lipinski definition) is 3. The molecule has 0 bridgehead atoms. The molecule has 1 aromatic heterocycles. The average Bonchev–Trinajstić information content (AvgIpc) is 2.60. The van der Waals surface area contributed by atoms with Gasteiger partial charge >= 0.3 is 0 Å². The molecule has 0 unspecified atom stereocenters. The first-order chi connectivity index (χ1) is 7.22. The largest absolute Gasteiger partial charge is 0.294 e. The van der Waals surface area contributed by atoms with Crippen LogP contribution in [0, 0.1) is 12.7 Å². The van der Waals surface area contributed by atoms with E-state index in [2.05, 4.69) is 10.1 Å². The van der Waals surface area contributed by atoms with Crippen LogP contribution in [0.25, 0.3) is 5.69 Å². The summed E-state index contributed by atoms with van der Waals surface area (Å²) in [5.41, 5.74) is 0.288. The second-order valence-electron chi connectivity index (χ2n) is 3.00. The quantitative estimate of drug-likeness (QED) is 0.698. The first-order valence-corrected chi connectivity index (χ1v) is 4.36. The van der Waals surface area contributed by atoms with E-state index in [1.54, 1.807) is 25.1 Å². The number of aldehydes is 1. The molecule has 0 radical (unpaired) electrons. The first-order valence-electron chi connectivity index (χ1n) is 4.36. The summed E-state index contributed by atoms with van der Waals surface area (Å²) >= 11 is 0. The van der Waals surface area contributed by atoms with Crippen LogP contribution in [0.1, 0.15) is 16.4 Å². The Morgan fingerprint density at radius 2 is 2.13 bits per heavy atom. The molecule has 0 aliphatic heterocycles. The summed E-state index contributed by atoms with van der Waals surface area (Å²) in [5, 5.41) is 3.86. The predicted octanol–water partition coefficient (Wildman–Crippen LogP) is 1.53. The molecule has 1 heterocycles. The molecule has 2 rings (SSSR count). The maximum Gasteiger partial charge on any atom is 0.214 e. The molecule has 0 aliphatic carbocycles. The Labute approximate surface area is 85.4 Å². The minimum atomic E-state index is -0.400. The van der Waals surface area contributed by atoms with Gasteiger partial charge in [-0.25, -0.2) is 14.1 Å². The number of carbonyl (C=O) groups excluding carboxylic acids is 1. The third-order valence-electron chi connectivity index (χ3n) is 1.97. The molecule has 0 saturated carbocycles. The molecule has 2 aromatic rings. The summed E-state index contributed by atoms with van der Waals surface area (Å²) in [4.78, 5) is 14.3. The lowest BCUT2D eigenvalue weighted by molar-refractivity contribution is 0.111. The van der Waals surface area contributed by atoms with Crippen molar-refractivity contribution in [3.05, 3.63) is 41.7 Å². The molecule has 1 aromatic carbocycles. The van der Waals surface area contributed by atoms with E-state index in [0.29, 0.717) is 12.1 Å². The third-order valence-corrected chi connectivity index (χ3v) is 1.97. The zero-order chi connectivity index (χ0) is 10.8. The molecular formula is C10H8FN3O. The van der Waals surface area contributed by atoms with Crippen LogP contribution in [-0.4, -0.2) is 21.1 Å². The number of rotatable bonds is 2. The Balaban J connectivity index is 2.58. The van der Waals surface area contributed by atoms with Gasteiger partial charge in [0.1, 0.15) is 17.3 Å². The second kappa shape index (κ2) is 3.61.